The Hall–Kier alpha value is -1.68. The van der Waals surface area contributed by atoms with Crippen molar-refractivity contribution in [3.05, 3.63) is 47.0 Å². The van der Waals surface area contributed by atoms with E-state index in [9.17, 15) is 0 Å². The van der Waals surface area contributed by atoms with E-state index in [-0.39, 0.29) is 0 Å². The SMILES string of the molecule is Cc1nc(C)n(Cc2ccccc2CNC2CC2)n1. The molecule has 1 aromatic heterocycles. The van der Waals surface area contributed by atoms with Crippen molar-refractivity contribution in [2.75, 3.05) is 0 Å². The number of aromatic nitrogens is 3. The molecule has 0 aliphatic heterocycles. The fourth-order valence-electron chi connectivity index (χ4n) is 2.30. The first-order chi connectivity index (χ1) is 9.22. The lowest BCUT2D eigenvalue weighted by molar-refractivity contribution is 0.636. The normalized spacial score (nSPS) is 14.8. The van der Waals surface area contributed by atoms with Gasteiger partial charge >= 0.3 is 0 Å². The number of rotatable bonds is 5. The lowest BCUT2D eigenvalue weighted by Gasteiger charge is -2.11. The van der Waals surface area contributed by atoms with Crippen LogP contribution in [-0.2, 0) is 13.1 Å². The van der Waals surface area contributed by atoms with Crippen LogP contribution in [-0.4, -0.2) is 20.8 Å². The van der Waals surface area contributed by atoms with E-state index in [0.29, 0.717) is 0 Å². The Morgan fingerprint density at radius 1 is 1.21 bits per heavy atom. The van der Waals surface area contributed by atoms with Crippen LogP contribution in [0.2, 0.25) is 0 Å². The molecule has 1 saturated carbocycles. The van der Waals surface area contributed by atoms with Gasteiger partial charge in [-0.25, -0.2) is 9.67 Å². The molecule has 2 aromatic rings. The maximum Gasteiger partial charge on any atom is 0.147 e. The number of nitrogens with one attached hydrogen (secondary N) is 1. The third kappa shape index (κ3) is 3.01. The van der Waals surface area contributed by atoms with E-state index in [4.69, 9.17) is 0 Å². The van der Waals surface area contributed by atoms with Gasteiger partial charge in [0.2, 0.25) is 0 Å². The number of benzene rings is 1. The molecule has 1 aromatic carbocycles. The van der Waals surface area contributed by atoms with Crippen molar-refractivity contribution in [2.45, 2.75) is 45.8 Å². The Balaban J connectivity index is 1.77. The van der Waals surface area contributed by atoms with Gasteiger partial charge in [0.25, 0.3) is 0 Å². The summed E-state index contributed by atoms with van der Waals surface area (Å²) in [6, 6.07) is 9.31. The zero-order valence-corrected chi connectivity index (χ0v) is 11.6. The van der Waals surface area contributed by atoms with Crippen LogP contribution in [0.25, 0.3) is 0 Å². The molecule has 0 spiro atoms. The summed E-state index contributed by atoms with van der Waals surface area (Å²) < 4.78 is 1.98. The molecule has 1 fully saturated rings. The van der Waals surface area contributed by atoms with Crippen molar-refractivity contribution in [2.24, 2.45) is 0 Å². The van der Waals surface area contributed by atoms with Crippen molar-refractivity contribution in [1.29, 1.82) is 0 Å². The van der Waals surface area contributed by atoms with Crippen molar-refractivity contribution >= 4 is 0 Å². The van der Waals surface area contributed by atoms with Crippen LogP contribution < -0.4 is 5.32 Å². The highest BCUT2D eigenvalue weighted by Crippen LogP contribution is 2.20. The van der Waals surface area contributed by atoms with Crippen LogP contribution in [0, 0.1) is 13.8 Å². The quantitative estimate of drug-likeness (QED) is 0.891. The van der Waals surface area contributed by atoms with Gasteiger partial charge in [-0.15, -0.1) is 0 Å². The molecule has 1 N–H and O–H groups in total. The maximum atomic E-state index is 4.44. The maximum absolute atomic E-state index is 4.44. The van der Waals surface area contributed by atoms with Crippen LogP contribution in [0.4, 0.5) is 0 Å². The van der Waals surface area contributed by atoms with E-state index < -0.39 is 0 Å². The summed E-state index contributed by atoms with van der Waals surface area (Å²) in [5.41, 5.74) is 2.69. The number of nitrogens with zero attached hydrogens (tertiary/aromatic N) is 3. The summed E-state index contributed by atoms with van der Waals surface area (Å²) in [4.78, 5) is 4.36. The molecule has 1 aliphatic carbocycles. The van der Waals surface area contributed by atoms with Gasteiger partial charge in [-0.05, 0) is 37.8 Å². The van der Waals surface area contributed by atoms with Gasteiger partial charge in [-0.1, -0.05) is 24.3 Å². The van der Waals surface area contributed by atoms with Crippen LogP contribution in [0.3, 0.4) is 0 Å². The number of aryl methyl sites for hydroxylation is 2. The van der Waals surface area contributed by atoms with Gasteiger partial charge in [0, 0.05) is 12.6 Å². The van der Waals surface area contributed by atoms with E-state index >= 15 is 0 Å². The molecule has 0 atom stereocenters. The summed E-state index contributed by atoms with van der Waals surface area (Å²) in [7, 11) is 0. The van der Waals surface area contributed by atoms with Crippen LogP contribution in [0.1, 0.15) is 35.6 Å². The topological polar surface area (TPSA) is 42.7 Å². The summed E-state index contributed by atoms with van der Waals surface area (Å²) in [6.07, 6.45) is 2.65. The van der Waals surface area contributed by atoms with Crippen molar-refractivity contribution < 1.29 is 0 Å². The molecular weight excluding hydrogens is 236 g/mol. The van der Waals surface area contributed by atoms with E-state index in [0.717, 1.165) is 30.8 Å². The largest absolute Gasteiger partial charge is 0.310 e. The van der Waals surface area contributed by atoms with Crippen LogP contribution >= 0.6 is 0 Å². The third-order valence-corrected chi connectivity index (χ3v) is 3.56. The Labute approximate surface area is 113 Å². The smallest absolute Gasteiger partial charge is 0.147 e. The lowest BCUT2D eigenvalue weighted by atomic mass is 10.1. The molecule has 0 unspecified atom stereocenters. The van der Waals surface area contributed by atoms with Crippen LogP contribution in [0.5, 0.6) is 0 Å². The molecular formula is C15H20N4. The molecule has 100 valence electrons. The van der Waals surface area contributed by atoms with Gasteiger partial charge in [0.05, 0.1) is 6.54 Å². The Morgan fingerprint density at radius 2 is 1.95 bits per heavy atom. The predicted molar refractivity (Wildman–Crippen MR) is 74.9 cm³/mol. The van der Waals surface area contributed by atoms with Crippen LogP contribution in [0.15, 0.2) is 24.3 Å². The number of hydrogen-bond acceptors (Lipinski definition) is 3. The second kappa shape index (κ2) is 5.13. The molecule has 1 aliphatic rings. The zero-order chi connectivity index (χ0) is 13.2. The van der Waals surface area contributed by atoms with Gasteiger partial charge in [-0.2, -0.15) is 5.10 Å². The molecule has 4 nitrogen and oxygen atoms in total. The molecule has 0 radical (unpaired) electrons. The van der Waals surface area contributed by atoms with E-state index in [2.05, 4.69) is 39.7 Å². The highest BCUT2D eigenvalue weighted by molar-refractivity contribution is 5.27. The predicted octanol–water partition coefficient (Wildman–Crippen LogP) is 2.20. The Kier molecular flexibility index (Phi) is 3.34. The first kappa shape index (κ1) is 12.4. The third-order valence-electron chi connectivity index (χ3n) is 3.56. The standard InChI is InChI=1S/C15H20N4/c1-11-17-12(2)19(18-11)10-14-6-4-3-5-13(14)9-16-15-7-8-15/h3-6,15-16H,7-10H2,1-2H3. The van der Waals surface area contributed by atoms with Gasteiger partial charge in [0.1, 0.15) is 11.6 Å². The molecule has 1 heterocycles. The lowest BCUT2D eigenvalue weighted by Crippen LogP contribution is -2.17. The molecule has 3 rings (SSSR count). The fourth-order valence-corrected chi connectivity index (χ4v) is 2.30. The highest BCUT2D eigenvalue weighted by Gasteiger charge is 2.20. The molecule has 19 heavy (non-hydrogen) atoms. The van der Waals surface area contributed by atoms with Gasteiger partial charge in [0.15, 0.2) is 0 Å². The van der Waals surface area contributed by atoms with Crippen molar-refractivity contribution in [1.82, 2.24) is 20.1 Å². The molecule has 4 heteroatoms. The summed E-state index contributed by atoms with van der Waals surface area (Å²) in [6.45, 7) is 5.69. The minimum atomic E-state index is 0.739. The average Bonchev–Trinajstić information content (AvgIpc) is 3.15. The van der Waals surface area contributed by atoms with Crippen molar-refractivity contribution in [3.8, 4) is 0 Å². The Bertz CT molecular complexity index is 569. The number of hydrogen-bond donors (Lipinski definition) is 1. The first-order valence-corrected chi connectivity index (χ1v) is 6.90. The zero-order valence-electron chi connectivity index (χ0n) is 11.6. The van der Waals surface area contributed by atoms with E-state index in [1.807, 2.05) is 18.5 Å². The van der Waals surface area contributed by atoms with Gasteiger partial charge < -0.3 is 5.32 Å². The fraction of sp³-hybridized carbons (Fsp3) is 0.467. The minimum absolute atomic E-state index is 0.739. The minimum Gasteiger partial charge on any atom is -0.310 e. The molecule has 0 saturated heterocycles. The summed E-state index contributed by atoms with van der Waals surface area (Å²) in [5, 5.41) is 8.01. The Morgan fingerprint density at radius 3 is 2.58 bits per heavy atom. The summed E-state index contributed by atoms with van der Waals surface area (Å²) in [5.74, 6) is 1.81. The monoisotopic (exact) mass is 256 g/mol. The van der Waals surface area contributed by atoms with E-state index in [1.165, 1.54) is 24.0 Å². The highest BCUT2D eigenvalue weighted by atomic mass is 15.3. The molecule has 0 bridgehead atoms. The average molecular weight is 256 g/mol. The second-order valence-electron chi connectivity index (χ2n) is 5.29. The van der Waals surface area contributed by atoms with E-state index in [1.54, 1.807) is 0 Å². The second-order valence-corrected chi connectivity index (χ2v) is 5.29. The molecule has 0 amide bonds. The summed E-state index contributed by atoms with van der Waals surface area (Å²) >= 11 is 0. The van der Waals surface area contributed by atoms with Crippen molar-refractivity contribution in [3.63, 3.8) is 0 Å². The first-order valence-electron chi connectivity index (χ1n) is 6.90. The van der Waals surface area contributed by atoms with Gasteiger partial charge in [-0.3, -0.25) is 0 Å².